The number of nitrogens with zero attached hydrogens (tertiary/aromatic N) is 4. The molecule has 7 rings (SSSR count). The van der Waals surface area contributed by atoms with Crippen molar-refractivity contribution in [1.29, 1.82) is 0 Å². The van der Waals surface area contributed by atoms with Gasteiger partial charge < -0.3 is 56.0 Å². The molecule has 2 amide bonds. The Hall–Kier alpha value is -3.33. The molecule has 0 aromatic carbocycles. The van der Waals surface area contributed by atoms with Crippen LogP contribution < -0.4 is 16.4 Å². The van der Waals surface area contributed by atoms with Gasteiger partial charge in [0.1, 0.15) is 36.3 Å². The second kappa shape index (κ2) is 21.6. The largest absolute Gasteiger partial charge is 0.481 e. The number of thioether (sulfide) groups is 1. The monoisotopic (exact) mass is 1110 g/mol. The number of allylic oxidation sites excluding steroid dienone is 2. The first-order valence-electron chi connectivity index (χ1n) is 23.6. The van der Waals surface area contributed by atoms with Crippen LogP contribution in [-0.2, 0) is 55.5 Å². The number of aromatic nitrogens is 4. The summed E-state index contributed by atoms with van der Waals surface area (Å²) < 4.78 is 62.7. The molecule has 30 heteroatoms. The molecule has 1 aliphatic heterocycles. The molecule has 3 heterocycles. The molecule has 0 radical (unpaired) electrons. The number of fused-ring (bicyclic) bond motifs is 6. The summed E-state index contributed by atoms with van der Waals surface area (Å²) >= 11 is 1.14. The minimum atomic E-state index is -5.60. The van der Waals surface area contributed by atoms with Gasteiger partial charge >= 0.3 is 23.5 Å². The Morgan fingerprint density at radius 2 is 1.73 bits per heavy atom. The molecule has 0 bridgehead atoms. The van der Waals surface area contributed by atoms with Crippen molar-refractivity contribution in [1.82, 2.24) is 30.2 Å². The molecule has 3 saturated carbocycles. The number of nitrogen functional groups attached to an aromatic ring is 1. The predicted molar refractivity (Wildman–Crippen MR) is 258 cm³/mol. The third kappa shape index (κ3) is 12.1. The second-order valence-electron chi connectivity index (χ2n) is 20.5. The Morgan fingerprint density at radius 1 is 1.01 bits per heavy atom. The van der Waals surface area contributed by atoms with Crippen LogP contribution in [0.15, 0.2) is 36.5 Å². The Labute approximate surface area is 424 Å². The van der Waals surface area contributed by atoms with Gasteiger partial charge in [-0.25, -0.2) is 28.6 Å². The summed E-state index contributed by atoms with van der Waals surface area (Å²) in [5, 5.41) is 39.2. The zero-order valence-electron chi connectivity index (χ0n) is 40.7. The lowest BCUT2D eigenvalue weighted by Gasteiger charge is -2.62. The molecule has 1 saturated heterocycles. The summed E-state index contributed by atoms with van der Waals surface area (Å²) in [6, 6.07) is 0. The molecule has 73 heavy (non-hydrogen) atoms. The Bertz CT molecular complexity index is 2670. The van der Waals surface area contributed by atoms with E-state index in [2.05, 4.69) is 41.3 Å². The topological polar surface area (TPSA) is 401 Å². The number of carbonyl (C=O) groups is 4. The number of ketones is 1. The maximum atomic E-state index is 13.5. The molecule has 4 aliphatic carbocycles. The average Bonchev–Trinajstić information content (AvgIpc) is 3.98. The lowest BCUT2D eigenvalue weighted by molar-refractivity contribution is -0.177. The molecule has 2 unspecified atom stereocenters. The van der Waals surface area contributed by atoms with Gasteiger partial charge in [0, 0.05) is 42.0 Å². The van der Waals surface area contributed by atoms with Crippen LogP contribution >= 0.6 is 35.2 Å². The highest BCUT2D eigenvalue weighted by Crippen LogP contribution is 2.68. The number of hydrogen-bond donors (Lipinski definition) is 10. The molecule has 14 atom stereocenters. The standard InChI is InChI=1S/C43H64N7O19P3S/c1-23(26-8-9-27-28-7-6-24-18-25(51)10-12-42(24,5)43(28,57)14-13-41(26,27)4)39(56)73-17-16-45-30(52)11-15-46-37(55)34(54)40(2,3)20-66-72(63,64)69-71(61,62)65-19-29-33(68-70(58,59)60)32(53)38(67-29)50-22-49-31-35(44)47-21-48-36(31)50/h10,12,18,21-23,26-29,32-34,38,53-54,57H,6-9,11,13-17,19-20H2,1-5H3,(H,45,52)(H,46,55)(H,61,62)(H,63,64)(H2,44,47,48)(H2,58,59,60)/t23-,26+,27-,28-,29+,32+,33+,34-,38+,41+,42-,43+/m0/s1. The zero-order chi connectivity index (χ0) is 53.7. The number of amides is 2. The minimum Gasteiger partial charge on any atom is -0.388 e. The SMILES string of the molecule is C[C@H](C(=O)SCCNC(=O)CCNC(=O)[C@H](O)C(C)(C)COP(=O)(O)OP(=O)(O)OC[C@H]1O[C@@H](n2cnc3c(N)ncnc32)[C@H](O)[C@@H]1OP(=O)(O)O)[C@H]1CC[C@H]2[C@@H]3CCC4=CC(=O)C=C[C@]4(C)[C@@]3(O)CC[C@]12C. The number of hydrogen-bond acceptors (Lipinski definition) is 20. The fourth-order valence-corrected chi connectivity index (χ4v) is 15.2. The van der Waals surface area contributed by atoms with Gasteiger partial charge in [-0.15, -0.1) is 0 Å². The summed E-state index contributed by atoms with van der Waals surface area (Å²) in [5.41, 5.74) is 3.55. The van der Waals surface area contributed by atoms with Gasteiger partial charge in [-0.1, -0.05) is 51.1 Å². The van der Waals surface area contributed by atoms with Gasteiger partial charge in [0.25, 0.3) is 0 Å². The second-order valence-corrected chi connectivity index (χ2v) is 25.8. The summed E-state index contributed by atoms with van der Waals surface area (Å²) in [5.74, 6) is -1.05. The van der Waals surface area contributed by atoms with Gasteiger partial charge in [0.05, 0.1) is 25.1 Å². The van der Waals surface area contributed by atoms with Crippen LogP contribution in [0.25, 0.3) is 11.2 Å². The van der Waals surface area contributed by atoms with Crippen LogP contribution in [0.5, 0.6) is 0 Å². The van der Waals surface area contributed by atoms with Gasteiger partial charge in [-0.3, -0.25) is 37.3 Å². The molecule has 406 valence electrons. The van der Waals surface area contributed by atoms with Crippen LogP contribution in [0, 0.1) is 39.9 Å². The number of carbonyl (C=O) groups excluding carboxylic acids is 4. The first kappa shape index (κ1) is 57.4. The number of aliphatic hydroxyl groups excluding tert-OH is 2. The van der Waals surface area contributed by atoms with Crippen LogP contribution in [0.3, 0.4) is 0 Å². The van der Waals surface area contributed by atoms with Gasteiger partial charge in [0.2, 0.25) is 11.8 Å². The van der Waals surface area contributed by atoms with E-state index in [-0.39, 0.29) is 76.5 Å². The van der Waals surface area contributed by atoms with E-state index in [0.717, 1.165) is 66.7 Å². The van der Waals surface area contributed by atoms with Crippen molar-refractivity contribution in [2.24, 2.45) is 39.9 Å². The Morgan fingerprint density at radius 3 is 2.44 bits per heavy atom. The minimum absolute atomic E-state index is 0.0217. The molecule has 2 aromatic heterocycles. The van der Waals surface area contributed by atoms with E-state index in [1.54, 1.807) is 12.2 Å². The number of phosphoric acid groups is 3. The van der Waals surface area contributed by atoms with Crippen LogP contribution in [0.2, 0.25) is 0 Å². The molecular weight excluding hydrogens is 1040 g/mol. The Kier molecular flexibility index (Phi) is 17.0. The fraction of sp³-hybridized carbons (Fsp3) is 0.698. The molecule has 11 N–H and O–H groups in total. The van der Waals surface area contributed by atoms with E-state index in [0.29, 0.717) is 12.2 Å². The van der Waals surface area contributed by atoms with Crippen molar-refractivity contribution in [2.75, 3.05) is 37.8 Å². The van der Waals surface area contributed by atoms with Crippen LogP contribution in [-0.4, -0.2) is 139 Å². The smallest absolute Gasteiger partial charge is 0.388 e. The predicted octanol–water partition coefficient (Wildman–Crippen LogP) is 2.34. The van der Waals surface area contributed by atoms with E-state index in [1.165, 1.54) is 13.8 Å². The van der Waals surface area contributed by atoms with Crippen molar-refractivity contribution in [2.45, 2.75) is 116 Å². The number of nitrogens with two attached hydrogens (primary N) is 1. The normalized spacial score (nSPS) is 32.6. The van der Waals surface area contributed by atoms with E-state index in [1.807, 2.05) is 19.9 Å². The summed E-state index contributed by atoms with van der Waals surface area (Å²) in [6.45, 7) is 6.68. The van der Waals surface area contributed by atoms with Gasteiger partial charge in [-0.2, -0.15) is 4.31 Å². The lowest BCUT2D eigenvalue weighted by atomic mass is 9.45. The van der Waals surface area contributed by atoms with E-state index < -0.39 is 95.6 Å². The van der Waals surface area contributed by atoms with Crippen LogP contribution in [0.4, 0.5) is 5.82 Å². The van der Waals surface area contributed by atoms with Crippen molar-refractivity contribution in [3.63, 3.8) is 0 Å². The number of imidazole rings is 1. The maximum Gasteiger partial charge on any atom is 0.481 e. The number of rotatable bonds is 21. The maximum absolute atomic E-state index is 13.5. The summed E-state index contributed by atoms with van der Waals surface area (Å²) in [7, 11) is -16.5. The van der Waals surface area contributed by atoms with Crippen LogP contribution in [0.1, 0.15) is 85.8 Å². The first-order valence-corrected chi connectivity index (χ1v) is 29.1. The summed E-state index contributed by atoms with van der Waals surface area (Å²) in [6.07, 6.45) is 2.82. The van der Waals surface area contributed by atoms with E-state index >= 15 is 0 Å². The molecule has 5 aliphatic rings. The third-order valence-electron chi connectivity index (χ3n) is 15.5. The highest BCUT2D eigenvalue weighted by atomic mass is 32.2. The van der Waals surface area contributed by atoms with Gasteiger partial charge in [0.15, 0.2) is 28.6 Å². The van der Waals surface area contributed by atoms with Crippen molar-refractivity contribution >= 4 is 74.9 Å². The third-order valence-corrected chi connectivity index (χ3v) is 19.7. The molecule has 2 aromatic rings. The molecule has 26 nitrogen and oxygen atoms in total. The molecule has 0 spiro atoms. The zero-order valence-corrected chi connectivity index (χ0v) is 44.2. The van der Waals surface area contributed by atoms with Crippen molar-refractivity contribution < 1.29 is 90.4 Å². The van der Waals surface area contributed by atoms with E-state index in [9.17, 15) is 67.8 Å². The average molecular weight is 1110 g/mol. The first-order chi connectivity index (χ1) is 33.9. The highest BCUT2D eigenvalue weighted by molar-refractivity contribution is 8.13. The number of phosphoric ester groups is 3. The summed E-state index contributed by atoms with van der Waals surface area (Å²) in [4.78, 5) is 103. The van der Waals surface area contributed by atoms with Crippen molar-refractivity contribution in [3.8, 4) is 0 Å². The number of ether oxygens (including phenoxy) is 1. The number of aliphatic hydroxyl groups is 3. The fourth-order valence-electron chi connectivity index (χ4n) is 11.6. The quantitative estimate of drug-likeness (QED) is 0.0633. The lowest BCUT2D eigenvalue weighted by Crippen LogP contribution is -2.62. The molecule has 4 fully saturated rings. The highest BCUT2D eigenvalue weighted by Gasteiger charge is 2.66. The Balaban J connectivity index is 0.808. The molecular formula is C43H64N7O19P3S. The number of nitrogens with one attached hydrogen (secondary N) is 2. The number of anilines is 1. The van der Waals surface area contributed by atoms with Gasteiger partial charge in [-0.05, 0) is 80.8 Å². The van der Waals surface area contributed by atoms with E-state index in [4.69, 9.17) is 19.5 Å². The van der Waals surface area contributed by atoms with Crippen molar-refractivity contribution in [3.05, 3.63) is 36.5 Å².